The molecule has 2 spiro atoms. The van der Waals surface area contributed by atoms with Gasteiger partial charge >= 0.3 is 0 Å². The summed E-state index contributed by atoms with van der Waals surface area (Å²) in [6, 6.07) is 6.38. The van der Waals surface area contributed by atoms with Gasteiger partial charge in [-0.2, -0.15) is 5.26 Å². The topological polar surface area (TPSA) is 75.0 Å². The molecule has 0 amide bonds. The van der Waals surface area contributed by atoms with Gasteiger partial charge in [0.1, 0.15) is 11.8 Å². The van der Waals surface area contributed by atoms with E-state index in [4.69, 9.17) is 14.2 Å². The molecule has 1 aromatic carbocycles. The van der Waals surface area contributed by atoms with Gasteiger partial charge in [-0.25, -0.2) is 0 Å². The van der Waals surface area contributed by atoms with Gasteiger partial charge in [0.05, 0.1) is 29.8 Å². The van der Waals surface area contributed by atoms with Crippen molar-refractivity contribution in [2.45, 2.75) is 67.5 Å². The minimum atomic E-state index is -0.877. The molecule has 4 fully saturated rings. The second-order valence-corrected chi connectivity index (χ2v) is 9.90. The first kappa shape index (κ1) is 17.1. The zero-order valence-corrected chi connectivity index (χ0v) is 16.5. The average Bonchev–Trinajstić information content (AvgIpc) is 3.28. The molecule has 29 heavy (non-hydrogen) atoms. The predicted molar refractivity (Wildman–Crippen MR) is 102 cm³/mol. The number of benzene rings is 1. The van der Waals surface area contributed by atoms with E-state index >= 15 is 0 Å². The normalized spacial score (nSPS) is 41.1. The second kappa shape index (κ2) is 5.33. The molecule has 2 saturated carbocycles. The van der Waals surface area contributed by atoms with Crippen molar-refractivity contribution >= 4 is 0 Å². The van der Waals surface area contributed by atoms with Crippen molar-refractivity contribution in [1.29, 1.82) is 5.26 Å². The second-order valence-electron chi connectivity index (χ2n) is 9.90. The number of ether oxygens (including phenoxy) is 3. The number of piperidine rings is 1. The van der Waals surface area contributed by atoms with Gasteiger partial charge in [0.25, 0.3) is 0 Å². The zero-order chi connectivity index (χ0) is 19.4. The van der Waals surface area contributed by atoms with Gasteiger partial charge in [-0.1, -0.05) is 6.07 Å². The van der Waals surface area contributed by atoms with E-state index in [0.717, 1.165) is 37.4 Å². The van der Waals surface area contributed by atoms with Gasteiger partial charge in [0, 0.05) is 24.6 Å². The molecule has 0 radical (unpaired) electrons. The molecular weight excluding hydrogens is 368 g/mol. The predicted octanol–water partition coefficient (Wildman–Crippen LogP) is 1.87. The van der Waals surface area contributed by atoms with Crippen molar-refractivity contribution in [3.63, 3.8) is 0 Å². The highest BCUT2D eigenvalue weighted by atomic mass is 16.8. The SMILES string of the molecule is N#Cc1ccc2c3c1O[C@H]1C4(CC[C@@]5(O)[C@@H](C2)N(CC2CC2)CC[C@]315)OCCO4. The first-order chi connectivity index (χ1) is 14.1. The maximum Gasteiger partial charge on any atom is 0.207 e. The van der Waals surface area contributed by atoms with E-state index in [2.05, 4.69) is 17.0 Å². The molecule has 3 aliphatic heterocycles. The first-order valence-electron chi connectivity index (χ1n) is 11.1. The van der Waals surface area contributed by atoms with Gasteiger partial charge in [0.15, 0.2) is 6.10 Å². The van der Waals surface area contributed by atoms with Crippen LogP contribution in [0, 0.1) is 17.2 Å². The molecule has 6 nitrogen and oxygen atoms in total. The maximum absolute atomic E-state index is 12.4. The number of fused-ring (bicyclic) bond motifs is 1. The van der Waals surface area contributed by atoms with Crippen molar-refractivity contribution in [2.75, 3.05) is 26.3 Å². The third kappa shape index (κ3) is 1.87. The molecule has 1 N–H and O–H groups in total. The molecule has 3 heterocycles. The highest BCUT2D eigenvalue weighted by molar-refractivity contribution is 5.63. The Bertz CT molecular complexity index is 947. The van der Waals surface area contributed by atoms with E-state index in [1.807, 2.05) is 6.07 Å². The monoisotopic (exact) mass is 394 g/mol. The van der Waals surface area contributed by atoms with E-state index in [0.29, 0.717) is 37.4 Å². The fraction of sp³-hybridized carbons (Fsp3) is 0.696. The van der Waals surface area contributed by atoms with Gasteiger partial charge in [-0.3, -0.25) is 4.90 Å². The van der Waals surface area contributed by atoms with Crippen LogP contribution in [0.25, 0.3) is 0 Å². The summed E-state index contributed by atoms with van der Waals surface area (Å²) >= 11 is 0. The quantitative estimate of drug-likeness (QED) is 0.825. The molecule has 2 saturated heterocycles. The highest BCUT2D eigenvalue weighted by Gasteiger charge is 2.77. The minimum Gasteiger partial charge on any atom is -0.482 e. The zero-order valence-electron chi connectivity index (χ0n) is 16.5. The van der Waals surface area contributed by atoms with Crippen LogP contribution in [0.4, 0.5) is 0 Å². The summed E-state index contributed by atoms with van der Waals surface area (Å²) in [5.41, 5.74) is 1.42. The van der Waals surface area contributed by atoms with Crippen LogP contribution >= 0.6 is 0 Å². The summed E-state index contributed by atoms with van der Waals surface area (Å²) in [5, 5.41) is 22.1. The molecule has 0 unspecified atom stereocenters. The number of rotatable bonds is 2. The lowest BCUT2D eigenvalue weighted by Gasteiger charge is -2.65. The molecule has 4 atom stereocenters. The first-order valence-corrected chi connectivity index (χ1v) is 11.1. The minimum absolute atomic E-state index is 0.0908. The highest BCUT2D eigenvalue weighted by Crippen LogP contribution is 2.67. The van der Waals surface area contributed by atoms with Crippen molar-refractivity contribution in [1.82, 2.24) is 4.90 Å². The average molecular weight is 394 g/mol. The number of nitriles is 1. The third-order valence-corrected chi connectivity index (χ3v) is 8.68. The van der Waals surface area contributed by atoms with Crippen molar-refractivity contribution < 1.29 is 19.3 Å². The lowest BCUT2D eigenvalue weighted by molar-refractivity contribution is -0.296. The van der Waals surface area contributed by atoms with E-state index in [9.17, 15) is 10.4 Å². The molecule has 0 aromatic heterocycles. The maximum atomic E-state index is 12.4. The van der Waals surface area contributed by atoms with Crippen LogP contribution in [0.15, 0.2) is 12.1 Å². The fourth-order valence-electron chi connectivity index (χ4n) is 7.31. The number of hydrogen-bond acceptors (Lipinski definition) is 6. The Morgan fingerprint density at radius 3 is 2.76 bits per heavy atom. The third-order valence-electron chi connectivity index (χ3n) is 8.68. The Kier molecular flexibility index (Phi) is 3.14. The molecule has 6 aliphatic rings. The molecule has 152 valence electrons. The summed E-state index contributed by atoms with van der Waals surface area (Å²) in [5.74, 6) is 0.649. The van der Waals surface area contributed by atoms with Crippen LogP contribution in [-0.2, 0) is 21.3 Å². The van der Waals surface area contributed by atoms with Gasteiger partial charge in [-0.15, -0.1) is 0 Å². The fourth-order valence-corrected chi connectivity index (χ4v) is 7.31. The van der Waals surface area contributed by atoms with Gasteiger partial charge in [-0.05, 0) is 56.2 Å². The Morgan fingerprint density at radius 1 is 1.17 bits per heavy atom. The lowest BCUT2D eigenvalue weighted by atomic mass is 9.48. The summed E-state index contributed by atoms with van der Waals surface area (Å²) in [4.78, 5) is 2.55. The molecule has 3 aliphatic carbocycles. The summed E-state index contributed by atoms with van der Waals surface area (Å²) in [6.07, 6.45) is 5.16. The lowest BCUT2D eigenvalue weighted by Crippen LogP contribution is -2.79. The Balaban J connectivity index is 1.46. The standard InChI is InChI=1S/C23H26N2O4/c24-12-16-4-3-15-11-17-22(26)5-6-23(27-9-10-28-23)20-21(22,18(15)19(16)29-20)7-8-25(17)13-14-1-2-14/h3-4,14,17,20,26H,1-2,5-11,13H2/t17-,20-,21+,22-/m1/s1. The number of likely N-dealkylation sites (tertiary alicyclic amines) is 1. The molecule has 2 bridgehead atoms. The molecule has 7 rings (SSSR count). The van der Waals surface area contributed by atoms with E-state index in [-0.39, 0.29) is 6.04 Å². The van der Waals surface area contributed by atoms with Gasteiger partial charge in [0.2, 0.25) is 5.79 Å². The van der Waals surface area contributed by atoms with Crippen molar-refractivity contribution in [2.24, 2.45) is 5.92 Å². The van der Waals surface area contributed by atoms with E-state index in [1.54, 1.807) is 0 Å². The number of nitrogens with zero attached hydrogens (tertiary/aromatic N) is 2. The van der Waals surface area contributed by atoms with Crippen LogP contribution in [0.2, 0.25) is 0 Å². The van der Waals surface area contributed by atoms with Crippen LogP contribution in [-0.4, -0.2) is 59.8 Å². The number of aliphatic hydroxyl groups is 1. The summed E-state index contributed by atoms with van der Waals surface area (Å²) in [7, 11) is 0. The molecular formula is C23H26N2O4. The van der Waals surface area contributed by atoms with Crippen LogP contribution in [0.3, 0.4) is 0 Å². The Labute approximate surface area is 170 Å². The summed E-state index contributed by atoms with van der Waals surface area (Å²) < 4.78 is 19.0. The Hall–Kier alpha value is -1.65. The van der Waals surface area contributed by atoms with Crippen molar-refractivity contribution in [3.05, 3.63) is 28.8 Å². The van der Waals surface area contributed by atoms with Crippen LogP contribution in [0.1, 0.15) is 48.8 Å². The van der Waals surface area contributed by atoms with Crippen LogP contribution < -0.4 is 4.74 Å². The molecule has 1 aromatic rings. The smallest absolute Gasteiger partial charge is 0.207 e. The molecule has 6 heteroatoms. The van der Waals surface area contributed by atoms with Crippen LogP contribution in [0.5, 0.6) is 5.75 Å². The van der Waals surface area contributed by atoms with E-state index < -0.39 is 22.9 Å². The van der Waals surface area contributed by atoms with Crippen molar-refractivity contribution in [3.8, 4) is 11.8 Å². The van der Waals surface area contributed by atoms with E-state index in [1.165, 1.54) is 18.4 Å². The summed E-state index contributed by atoms with van der Waals surface area (Å²) in [6.45, 7) is 3.15. The number of hydrogen-bond donors (Lipinski definition) is 1. The largest absolute Gasteiger partial charge is 0.482 e. The Morgan fingerprint density at radius 2 is 2.00 bits per heavy atom. The van der Waals surface area contributed by atoms with Gasteiger partial charge < -0.3 is 19.3 Å².